The SMILES string of the molecule is COc1ccc(-c2nc(NC(=O)c3cccc(C)c3[N+](=O)[O-])sc2C)cc1. The summed E-state index contributed by atoms with van der Waals surface area (Å²) >= 11 is 1.32. The Balaban J connectivity index is 1.88. The summed E-state index contributed by atoms with van der Waals surface area (Å²) in [6.45, 7) is 3.51. The molecule has 27 heavy (non-hydrogen) atoms. The van der Waals surface area contributed by atoms with Crippen LogP contribution in [0.25, 0.3) is 11.3 Å². The number of hydrogen-bond acceptors (Lipinski definition) is 6. The summed E-state index contributed by atoms with van der Waals surface area (Å²) < 4.78 is 5.15. The summed E-state index contributed by atoms with van der Waals surface area (Å²) in [7, 11) is 1.60. The van der Waals surface area contributed by atoms with Gasteiger partial charge in [-0.25, -0.2) is 4.98 Å². The van der Waals surface area contributed by atoms with Gasteiger partial charge >= 0.3 is 0 Å². The van der Waals surface area contributed by atoms with Crippen molar-refractivity contribution >= 4 is 28.1 Å². The van der Waals surface area contributed by atoms with Gasteiger partial charge in [0.25, 0.3) is 11.6 Å². The van der Waals surface area contributed by atoms with Crippen molar-refractivity contribution in [2.24, 2.45) is 0 Å². The van der Waals surface area contributed by atoms with E-state index in [9.17, 15) is 14.9 Å². The highest BCUT2D eigenvalue weighted by Crippen LogP contribution is 2.32. The second kappa shape index (κ2) is 7.55. The molecule has 1 amide bonds. The van der Waals surface area contributed by atoms with Crippen LogP contribution in [0.15, 0.2) is 42.5 Å². The van der Waals surface area contributed by atoms with Gasteiger partial charge in [0.05, 0.1) is 17.7 Å². The van der Waals surface area contributed by atoms with Gasteiger partial charge in [-0.3, -0.25) is 20.2 Å². The zero-order valence-corrected chi connectivity index (χ0v) is 15.8. The van der Waals surface area contributed by atoms with Gasteiger partial charge in [-0.15, -0.1) is 11.3 Å². The Morgan fingerprint density at radius 2 is 1.89 bits per heavy atom. The first-order valence-corrected chi connectivity index (χ1v) is 8.89. The maximum Gasteiger partial charge on any atom is 0.285 e. The van der Waals surface area contributed by atoms with E-state index in [0.717, 1.165) is 21.9 Å². The molecule has 1 N–H and O–H groups in total. The smallest absolute Gasteiger partial charge is 0.285 e. The van der Waals surface area contributed by atoms with E-state index in [1.807, 2.05) is 31.2 Å². The number of methoxy groups -OCH3 is 1. The maximum absolute atomic E-state index is 12.6. The van der Waals surface area contributed by atoms with Crippen LogP contribution in [0.2, 0.25) is 0 Å². The van der Waals surface area contributed by atoms with Crippen LogP contribution in [-0.4, -0.2) is 22.9 Å². The molecule has 2 aromatic carbocycles. The fraction of sp³-hybridized carbons (Fsp3) is 0.158. The number of para-hydroxylation sites is 1. The van der Waals surface area contributed by atoms with Gasteiger partial charge in [0, 0.05) is 16.0 Å². The number of thiazole rings is 1. The lowest BCUT2D eigenvalue weighted by Crippen LogP contribution is -2.14. The average molecular weight is 383 g/mol. The lowest BCUT2D eigenvalue weighted by molar-refractivity contribution is -0.385. The standard InChI is InChI=1S/C19H17N3O4S/c1-11-5-4-6-15(17(11)22(24)25)18(23)21-19-20-16(12(2)27-19)13-7-9-14(26-3)10-8-13/h4-10H,1-3H3,(H,20,21,23). The molecule has 0 saturated heterocycles. The number of aryl methyl sites for hydroxylation is 2. The van der Waals surface area contributed by atoms with Crippen molar-refractivity contribution in [3.05, 3.63) is 68.6 Å². The lowest BCUT2D eigenvalue weighted by Gasteiger charge is -2.05. The number of nitrogens with zero attached hydrogens (tertiary/aromatic N) is 2. The number of carbonyl (C=O) groups is 1. The zero-order valence-electron chi connectivity index (χ0n) is 15.0. The van der Waals surface area contributed by atoms with Crippen LogP contribution in [0.4, 0.5) is 10.8 Å². The molecule has 1 heterocycles. The number of benzene rings is 2. The molecule has 8 heteroatoms. The Morgan fingerprint density at radius 1 is 1.19 bits per heavy atom. The molecule has 0 spiro atoms. The van der Waals surface area contributed by atoms with Gasteiger partial charge in [-0.05, 0) is 44.2 Å². The van der Waals surface area contributed by atoms with Gasteiger partial charge < -0.3 is 4.74 Å². The molecule has 3 aromatic rings. The largest absolute Gasteiger partial charge is 0.497 e. The number of amides is 1. The maximum atomic E-state index is 12.6. The van der Waals surface area contributed by atoms with Crippen molar-refractivity contribution in [1.29, 1.82) is 0 Å². The van der Waals surface area contributed by atoms with E-state index in [4.69, 9.17) is 4.74 Å². The normalized spacial score (nSPS) is 10.5. The quantitative estimate of drug-likeness (QED) is 0.513. The van der Waals surface area contributed by atoms with Crippen molar-refractivity contribution in [2.45, 2.75) is 13.8 Å². The van der Waals surface area contributed by atoms with Gasteiger partial charge in [0.15, 0.2) is 5.13 Å². The Bertz CT molecular complexity index is 1010. The predicted octanol–water partition coefficient (Wildman–Crippen LogP) is 4.60. The Labute approximate surface area is 159 Å². The summed E-state index contributed by atoms with van der Waals surface area (Å²) in [6.07, 6.45) is 0. The van der Waals surface area contributed by atoms with E-state index in [0.29, 0.717) is 10.7 Å². The van der Waals surface area contributed by atoms with Crippen molar-refractivity contribution < 1.29 is 14.5 Å². The summed E-state index contributed by atoms with van der Waals surface area (Å²) in [5, 5.41) is 14.4. The van der Waals surface area contributed by atoms with Crippen LogP contribution in [-0.2, 0) is 0 Å². The first kappa shape index (κ1) is 18.5. The number of rotatable bonds is 5. The van der Waals surface area contributed by atoms with Crippen LogP contribution in [0.5, 0.6) is 5.75 Å². The second-order valence-corrected chi connectivity index (χ2v) is 7.04. The molecule has 0 saturated carbocycles. The minimum Gasteiger partial charge on any atom is -0.497 e. The van der Waals surface area contributed by atoms with E-state index in [-0.39, 0.29) is 11.3 Å². The number of ether oxygens (including phenoxy) is 1. The minimum atomic E-state index is -0.555. The first-order valence-electron chi connectivity index (χ1n) is 8.08. The van der Waals surface area contributed by atoms with E-state index in [2.05, 4.69) is 10.3 Å². The molecular weight excluding hydrogens is 366 g/mol. The lowest BCUT2D eigenvalue weighted by atomic mass is 10.1. The number of nitro groups is 1. The number of carbonyl (C=O) groups excluding carboxylic acids is 1. The van der Waals surface area contributed by atoms with Crippen molar-refractivity contribution in [3.8, 4) is 17.0 Å². The molecule has 0 aliphatic heterocycles. The monoisotopic (exact) mass is 383 g/mol. The summed E-state index contributed by atoms with van der Waals surface area (Å²) in [6, 6.07) is 12.1. The molecular formula is C19H17N3O4S. The topological polar surface area (TPSA) is 94.4 Å². The molecule has 0 atom stereocenters. The fourth-order valence-corrected chi connectivity index (χ4v) is 3.55. The van der Waals surface area contributed by atoms with E-state index < -0.39 is 10.8 Å². The van der Waals surface area contributed by atoms with E-state index in [1.165, 1.54) is 17.4 Å². The first-order chi connectivity index (χ1) is 12.9. The number of anilines is 1. The van der Waals surface area contributed by atoms with Crippen LogP contribution in [0.1, 0.15) is 20.8 Å². The zero-order chi connectivity index (χ0) is 19.6. The van der Waals surface area contributed by atoms with Crippen LogP contribution >= 0.6 is 11.3 Å². The minimum absolute atomic E-state index is 0.0128. The molecule has 0 aliphatic rings. The van der Waals surface area contributed by atoms with Crippen LogP contribution in [0, 0.1) is 24.0 Å². The van der Waals surface area contributed by atoms with Crippen molar-refractivity contribution in [3.63, 3.8) is 0 Å². The molecule has 3 rings (SSSR count). The van der Waals surface area contributed by atoms with Gasteiger partial charge in [0.1, 0.15) is 11.3 Å². The van der Waals surface area contributed by atoms with Crippen LogP contribution < -0.4 is 10.1 Å². The molecule has 0 bridgehead atoms. The number of nitro benzene ring substituents is 1. The highest BCUT2D eigenvalue weighted by Gasteiger charge is 2.23. The summed E-state index contributed by atoms with van der Waals surface area (Å²) in [5.74, 6) is 0.187. The van der Waals surface area contributed by atoms with Crippen LogP contribution in [0.3, 0.4) is 0 Å². The van der Waals surface area contributed by atoms with Crippen molar-refractivity contribution in [1.82, 2.24) is 4.98 Å². The number of hydrogen-bond donors (Lipinski definition) is 1. The Kier molecular flexibility index (Phi) is 5.18. The molecule has 0 fully saturated rings. The van der Waals surface area contributed by atoms with E-state index in [1.54, 1.807) is 26.2 Å². The predicted molar refractivity (Wildman–Crippen MR) is 105 cm³/mol. The molecule has 0 aliphatic carbocycles. The van der Waals surface area contributed by atoms with Gasteiger partial charge in [0.2, 0.25) is 0 Å². The fourth-order valence-electron chi connectivity index (χ4n) is 2.72. The summed E-state index contributed by atoms with van der Waals surface area (Å²) in [5.41, 5.74) is 1.89. The third-order valence-corrected chi connectivity index (χ3v) is 4.93. The average Bonchev–Trinajstić information content (AvgIpc) is 3.01. The molecule has 1 aromatic heterocycles. The van der Waals surface area contributed by atoms with Gasteiger partial charge in [-0.2, -0.15) is 0 Å². The third kappa shape index (κ3) is 3.80. The molecule has 138 valence electrons. The number of nitrogens with one attached hydrogen (secondary N) is 1. The Morgan fingerprint density at radius 3 is 2.52 bits per heavy atom. The molecule has 0 unspecified atom stereocenters. The summed E-state index contributed by atoms with van der Waals surface area (Å²) in [4.78, 5) is 28.7. The highest BCUT2D eigenvalue weighted by atomic mass is 32.1. The second-order valence-electron chi connectivity index (χ2n) is 5.83. The Hall–Kier alpha value is -3.26. The molecule has 7 nitrogen and oxygen atoms in total. The van der Waals surface area contributed by atoms with E-state index >= 15 is 0 Å². The highest BCUT2D eigenvalue weighted by molar-refractivity contribution is 7.16. The third-order valence-electron chi connectivity index (χ3n) is 4.05. The van der Waals surface area contributed by atoms with Crippen molar-refractivity contribution in [2.75, 3.05) is 12.4 Å². The van der Waals surface area contributed by atoms with Gasteiger partial charge in [-0.1, -0.05) is 12.1 Å². The number of aromatic nitrogens is 1. The molecule has 0 radical (unpaired) electrons.